The predicted molar refractivity (Wildman–Crippen MR) is 81.1 cm³/mol. The van der Waals surface area contributed by atoms with Crippen LogP contribution in [0.25, 0.3) is 0 Å². The fourth-order valence-electron chi connectivity index (χ4n) is 2.53. The Labute approximate surface area is 142 Å². The van der Waals surface area contributed by atoms with Crippen LogP contribution in [0.4, 0.5) is 17.6 Å². The summed E-state index contributed by atoms with van der Waals surface area (Å²) in [6.07, 6.45) is 1.90. The van der Waals surface area contributed by atoms with Gasteiger partial charge in [0.25, 0.3) is 5.91 Å². The van der Waals surface area contributed by atoms with Crippen LogP contribution in [-0.2, 0) is 4.79 Å². The van der Waals surface area contributed by atoms with E-state index in [1.807, 2.05) is 0 Å². The molecule has 1 amide bonds. The molecule has 0 aliphatic heterocycles. The monoisotopic (exact) mass is 359 g/mol. The van der Waals surface area contributed by atoms with Crippen molar-refractivity contribution in [3.05, 3.63) is 40.7 Å². The molecule has 2 rings (SSSR count). The van der Waals surface area contributed by atoms with Crippen LogP contribution in [0.15, 0.2) is 11.8 Å². The maximum Gasteiger partial charge on any atom is 0.260 e. The lowest BCUT2D eigenvalue weighted by Gasteiger charge is -2.21. The van der Waals surface area contributed by atoms with Gasteiger partial charge < -0.3 is 9.64 Å². The van der Waals surface area contributed by atoms with Gasteiger partial charge in [0.05, 0.1) is 0 Å². The van der Waals surface area contributed by atoms with Crippen molar-refractivity contribution in [1.29, 1.82) is 0 Å². The molecule has 8 heteroatoms. The van der Waals surface area contributed by atoms with E-state index >= 15 is 0 Å². The topological polar surface area (TPSA) is 46.6 Å². The molecule has 0 fully saturated rings. The number of amides is 1. The Morgan fingerprint density at radius 3 is 2.08 bits per heavy atom. The second-order valence-corrected chi connectivity index (χ2v) is 5.47. The zero-order valence-electron chi connectivity index (χ0n) is 13.8. The van der Waals surface area contributed by atoms with Crippen molar-refractivity contribution < 1.29 is 31.9 Å². The number of halogens is 4. The van der Waals surface area contributed by atoms with Crippen LogP contribution in [0.3, 0.4) is 0 Å². The Morgan fingerprint density at radius 2 is 1.60 bits per heavy atom. The first kappa shape index (κ1) is 19.0. The number of carbonyl (C=O) groups excluding carboxylic acids is 2. The third kappa shape index (κ3) is 3.67. The lowest BCUT2D eigenvalue weighted by molar-refractivity contribution is -0.115. The molecule has 0 atom stereocenters. The minimum absolute atomic E-state index is 0.0873. The number of benzene rings is 1. The van der Waals surface area contributed by atoms with Crippen molar-refractivity contribution in [3.63, 3.8) is 0 Å². The number of nitrogens with zero attached hydrogens (tertiary/aromatic N) is 1. The number of carbonyl (C=O) groups is 2. The molecule has 0 bridgehead atoms. The molecule has 1 aliphatic carbocycles. The first-order valence-corrected chi connectivity index (χ1v) is 7.88. The summed E-state index contributed by atoms with van der Waals surface area (Å²) in [6.45, 7) is 3.36. The summed E-state index contributed by atoms with van der Waals surface area (Å²) >= 11 is 0. The van der Waals surface area contributed by atoms with Gasteiger partial charge >= 0.3 is 0 Å². The molecule has 0 radical (unpaired) electrons. The summed E-state index contributed by atoms with van der Waals surface area (Å²) < 4.78 is 61.7. The smallest absolute Gasteiger partial charge is 0.260 e. The molecule has 0 saturated carbocycles. The molecule has 1 aliphatic rings. The van der Waals surface area contributed by atoms with Crippen LogP contribution in [0, 0.1) is 23.3 Å². The zero-order chi connectivity index (χ0) is 18.7. The number of ketones is 1. The van der Waals surface area contributed by atoms with E-state index < -0.39 is 40.5 Å². The van der Waals surface area contributed by atoms with Crippen molar-refractivity contribution in [2.24, 2.45) is 0 Å². The van der Waals surface area contributed by atoms with Crippen LogP contribution in [-0.4, -0.2) is 29.7 Å². The first-order chi connectivity index (χ1) is 11.8. The molecular weight excluding hydrogens is 342 g/mol. The summed E-state index contributed by atoms with van der Waals surface area (Å²) in [4.78, 5) is 24.5. The van der Waals surface area contributed by atoms with Gasteiger partial charge in [0.1, 0.15) is 11.3 Å². The summed E-state index contributed by atoms with van der Waals surface area (Å²) in [7, 11) is 0. The van der Waals surface area contributed by atoms with Crippen molar-refractivity contribution in [2.45, 2.75) is 33.1 Å². The molecule has 0 saturated heterocycles. The van der Waals surface area contributed by atoms with E-state index in [0.717, 1.165) is 11.0 Å². The van der Waals surface area contributed by atoms with Gasteiger partial charge in [0.2, 0.25) is 17.4 Å². The maximum atomic E-state index is 14.2. The minimum atomic E-state index is -1.83. The third-order valence-electron chi connectivity index (χ3n) is 3.89. The SMILES string of the molecule is CCN(CC)C(=O)c1c(F)c(F)c(OC2=CC(=O)CCC2)c(F)c1F. The molecule has 0 unspecified atom stereocenters. The standard InChI is InChI=1S/C17H17F4NO3/c1-3-22(4-2)17(24)11-12(18)14(20)16(15(21)13(11)19)25-10-7-5-6-9(23)8-10/h8H,3-7H2,1-2H3. The predicted octanol–water partition coefficient (Wildman–Crippen LogP) is 3.74. The number of hydrogen-bond acceptors (Lipinski definition) is 3. The largest absolute Gasteiger partial charge is 0.455 e. The summed E-state index contributed by atoms with van der Waals surface area (Å²) in [5.74, 6) is -10.1. The molecule has 0 aromatic heterocycles. The number of rotatable bonds is 5. The Morgan fingerprint density at radius 1 is 1.04 bits per heavy atom. The lowest BCUT2D eigenvalue weighted by atomic mass is 10.1. The fraction of sp³-hybridized carbons (Fsp3) is 0.412. The highest BCUT2D eigenvalue weighted by molar-refractivity contribution is 5.95. The van der Waals surface area contributed by atoms with E-state index in [1.54, 1.807) is 13.8 Å². The fourth-order valence-corrected chi connectivity index (χ4v) is 2.53. The van der Waals surface area contributed by atoms with Gasteiger partial charge in [-0.2, -0.15) is 8.78 Å². The van der Waals surface area contributed by atoms with Gasteiger partial charge in [0, 0.05) is 32.0 Å². The minimum Gasteiger partial charge on any atom is -0.455 e. The Bertz CT molecular complexity index is 713. The van der Waals surface area contributed by atoms with Crippen LogP contribution < -0.4 is 4.74 Å². The van der Waals surface area contributed by atoms with Crippen molar-refractivity contribution in [3.8, 4) is 5.75 Å². The summed E-state index contributed by atoms with van der Waals surface area (Å²) in [5.41, 5.74) is -1.31. The van der Waals surface area contributed by atoms with Crippen LogP contribution in [0.5, 0.6) is 5.75 Å². The van der Waals surface area contributed by atoms with Gasteiger partial charge in [-0.25, -0.2) is 8.78 Å². The van der Waals surface area contributed by atoms with E-state index in [9.17, 15) is 27.2 Å². The second-order valence-electron chi connectivity index (χ2n) is 5.47. The van der Waals surface area contributed by atoms with Crippen molar-refractivity contribution in [2.75, 3.05) is 13.1 Å². The molecule has 0 spiro atoms. The molecule has 0 heterocycles. The quantitative estimate of drug-likeness (QED) is 0.594. The highest BCUT2D eigenvalue weighted by Crippen LogP contribution is 2.33. The van der Waals surface area contributed by atoms with Crippen LogP contribution in [0.2, 0.25) is 0 Å². The van der Waals surface area contributed by atoms with Crippen LogP contribution in [0.1, 0.15) is 43.5 Å². The molecule has 1 aromatic carbocycles. The summed E-state index contributed by atoms with van der Waals surface area (Å²) in [6, 6.07) is 0. The van der Waals surface area contributed by atoms with Crippen LogP contribution >= 0.6 is 0 Å². The molecule has 136 valence electrons. The third-order valence-corrected chi connectivity index (χ3v) is 3.89. The first-order valence-electron chi connectivity index (χ1n) is 7.88. The maximum absolute atomic E-state index is 14.2. The van der Waals surface area contributed by atoms with E-state index in [-0.39, 0.29) is 37.5 Å². The van der Waals surface area contributed by atoms with E-state index in [4.69, 9.17) is 4.74 Å². The number of hydrogen-bond donors (Lipinski definition) is 0. The average molecular weight is 359 g/mol. The van der Waals surface area contributed by atoms with Crippen molar-refractivity contribution in [1.82, 2.24) is 4.90 Å². The Balaban J connectivity index is 2.49. The van der Waals surface area contributed by atoms with Gasteiger partial charge in [-0.05, 0) is 20.3 Å². The average Bonchev–Trinajstić information content (AvgIpc) is 2.58. The van der Waals surface area contributed by atoms with Gasteiger partial charge in [-0.1, -0.05) is 0 Å². The molecular formula is C17H17F4NO3. The normalized spacial score (nSPS) is 14.3. The summed E-state index contributed by atoms with van der Waals surface area (Å²) in [5, 5.41) is 0. The molecule has 1 aromatic rings. The lowest BCUT2D eigenvalue weighted by Crippen LogP contribution is -2.32. The van der Waals surface area contributed by atoms with E-state index in [2.05, 4.69) is 0 Å². The highest BCUT2D eigenvalue weighted by Gasteiger charge is 2.32. The number of allylic oxidation sites excluding steroid dienone is 2. The molecule has 0 N–H and O–H groups in total. The van der Waals surface area contributed by atoms with Crippen molar-refractivity contribution >= 4 is 11.7 Å². The van der Waals surface area contributed by atoms with Gasteiger partial charge in [-0.15, -0.1) is 0 Å². The second kappa shape index (κ2) is 7.67. The molecule has 25 heavy (non-hydrogen) atoms. The molecule has 4 nitrogen and oxygen atoms in total. The van der Waals surface area contributed by atoms with E-state index in [0.29, 0.717) is 6.42 Å². The highest BCUT2D eigenvalue weighted by atomic mass is 19.2. The Hall–Kier alpha value is -2.38. The van der Waals surface area contributed by atoms with Gasteiger partial charge in [0.15, 0.2) is 17.4 Å². The van der Waals surface area contributed by atoms with Gasteiger partial charge in [-0.3, -0.25) is 9.59 Å². The number of ether oxygens (including phenoxy) is 1. The zero-order valence-corrected chi connectivity index (χ0v) is 13.8. The Kier molecular flexibility index (Phi) is 5.81. The van der Waals surface area contributed by atoms with E-state index in [1.165, 1.54) is 0 Å².